The molecule has 0 aromatic carbocycles. The highest BCUT2D eigenvalue weighted by atomic mass is 32.2. The van der Waals surface area contributed by atoms with Gasteiger partial charge in [-0.1, -0.05) is 11.8 Å². The summed E-state index contributed by atoms with van der Waals surface area (Å²) < 4.78 is 0. The number of nitrogens with one attached hydrogen (secondary N) is 1. The summed E-state index contributed by atoms with van der Waals surface area (Å²) in [7, 11) is 0. The van der Waals surface area contributed by atoms with E-state index in [0.717, 1.165) is 22.3 Å². The van der Waals surface area contributed by atoms with Crippen LogP contribution >= 0.6 is 11.8 Å². The third-order valence-corrected chi connectivity index (χ3v) is 2.50. The number of aromatic amines is 1. The molecule has 0 atom stereocenters. The molecule has 0 aliphatic carbocycles. The number of rotatable bonds is 3. The molecule has 6 heteroatoms. The molecule has 0 saturated heterocycles. The predicted octanol–water partition coefficient (Wildman–Crippen LogP) is 1.07. The van der Waals surface area contributed by atoms with Gasteiger partial charge < -0.3 is 5.73 Å². The van der Waals surface area contributed by atoms with Crippen LogP contribution in [0.25, 0.3) is 0 Å². The third kappa shape index (κ3) is 2.23. The van der Waals surface area contributed by atoms with Gasteiger partial charge in [0, 0.05) is 17.6 Å². The molecule has 3 N–H and O–H groups in total. The molecule has 0 fully saturated rings. The van der Waals surface area contributed by atoms with E-state index in [9.17, 15) is 0 Å². The van der Waals surface area contributed by atoms with Gasteiger partial charge in [-0.05, 0) is 12.1 Å². The van der Waals surface area contributed by atoms with E-state index in [4.69, 9.17) is 5.73 Å². The largest absolute Gasteiger partial charge is 0.399 e. The van der Waals surface area contributed by atoms with Crippen LogP contribution in [0.15, 0.2) is 29.8 Å². The molecule has 0 saturated carbocycles. The first-order chi connectivity index (χ1) is 6.84. The topological polar surface area (TPSA) is 80.5 Å². The Morgan fingerprint density at radius 1 is 1.43 bits per heavy atom. The van der Waals surface area contributed by atoms with Crippen LogP contribution in [0.1, 0.15) is 5.69 Å². The maximum absolute atomic E-state index is 5.62. The number of thioether (sulfide) groups is 1. The third-order valence-electron chi connectivity index (χ3n) is 1.59. The first kappa shape index (κ1) is 9.01. The van der Waals surface area contributed by atoms with Crippen LogP contribution in [0.3, 0.4) is 0 Å². The molecule has 0 aliphatic heterocycles. The number of nitrogens with two attached hydrogens (primary N) is 1. The van der Waals surface area contributed by atoms with Crippen LogP contribution < -0.4 is 5.73 Å². The Hall–Kier alpha value is -1.56. The van der Waals surface area contributed by atoms with Gasteiger partial charge in [0.05, 0.1) is 5.69 Å². The summed E-state index contributed by atoms with van der Waals surface area (Å²) in [5.41, 5.74) is 7.29. The van der Waals surface area contributed by atoms with Crippen LogP contribution in [0.4, 0.5) is 5.69 Å². The van der Waals surface area contributed by atoms with E-state index in [0.29, 0.717) is 0 Å². The highest BCUT2D eigenvalue weighted by Crippen LogP contribution is 2.17. The second-order valence-electron chi connectivity index (χ2n) is 2.66. The summed E-state index contributed by atoms with van der Waals surface area (Å²) in [6.07, 6.45) is 3.18. The number of anilines is 1. The van der Waals surface area contributed by atoms with Crippen molar-refractivity contribution in [3.8, 4) is 0 Å². The molecule has 72 valence electrons. The number of aromatic nitrogens is 4. The molecule has 14 heavy (non-hydrogen) atoms. The Morgan fingerprint density at radius 3 is 3.07 bits per heavy atom. The zero-order valence-corrected chi connectivity index (χ0v) is 8.16. The highest BCUT2D eigenvalue weighted by molar-refractivity contribution is 7.98. The summed E-state index contributed by atoms with van der Waals surface area (Å²) in [6.45, 7) is 0. The van der Waals surface area contributed by atoms with Gasteiger partial charge >= 0.3 is 0 Å². The molecule has 2 rings (SSSR count). The lowest BCUT2D eigenvalue weighted by molar-refractivity contribution is 0.971. The van der Waals surface area contributed by atoms with E-state index in [-0.39, 0.29) is 0 Å². The minimum Gasteiger partial charge on any atom is -0.399 e. The average Bonchev–Trinajstić information content (AvgIpc) is 2.67. The molecule has 5 nitrogen and oxygen atoms in total. The van der Waals surface area contributed by atoms with E-state index in [2.05, 4.69) is 20.2 Å². The zero-order chi connectivity index (χ0) is 9.80. The minimum absolute atomic E-state index is 0.730. The van der Waals surface area contributed by atoms with Gasteiger partial charge in [0.2, 0.25) is 0 Å². The normalized spacial score (nSPS) is 10.3. The van der Waals surface area contributed by atoms with Gasteiger partial charge in [-0.2, -0.15) is 5.10 Å². The van der Waals surface area contributed by atoms with Gasteiger partial charge in [0.25, 0.3) is 0 Å². The van der Waals surface area contributed by atoms with Gasteiger partial charge in [-0.15, -0.1) is 0 Å². The van der Waals surface area contributed by atoms with E-state index < -0.39 is 0 Å². The van der Waals surface area contributed by atoms with Crippen LogP contribution in [0, 0.1) is 0 Å². The Balaban J connectivity index is 1.98. The Labute approximate surface area is 85.2 Å². The smallest absolute Gasteiger partial charge is 0.183 e. The van der Waals surface area contributed by atoms with Crippen molar-refractivity contribution in [1.82, 2.24) is 20.2 Å². The van der Waals surface area contributed by atoms with Crippen molar-refractivity contribution in [2.45, 2.75) is 10.9 Å². The Bertz CT molecular complexity index is 400. The van der Waals surface area contributed by atoms with Gasteiger partial charge in [-0.3, -0.25) is 10.1 Å². The fourth-order valence-electron chi connectivity index (χ4n) is 0.982. The van der Waals surface area contributed by atoms with Gasteiger partial charge in [0.15, 0.2) is 5.16 Å². The lowest BCUT2D eigenvalue weighted by Gasteiger charge is -1.98. The number of hydrogen-bond donors (Lipinski definition) is 2. The van der Waals surface area contributed by atoms with E-state index in [1.54, 1.807) is 24.0 Å². The van der Waals surface area contributed by atoms with Crippen molar-refractivity contribution in [2.24, 2.45) is 0 Å². The fraction of sp³-hybridized carbons (Fsp3) is 0.125. The van der Waals surface area contributed by atoms with Crippen molar-refractivity contribution in [2.75, 3.05) is 5.73 Å². The van der Waals surface area contributed by atoms with E-state index >= 15 is 0 Å². The molecule has 0 amide bonds. The van der Waals surface area contributed by atoms with Crippen molar-refractivity contribution >= 4 is 17.4 Å². The van der Waals surface area contributed by atoms with Crippen LogP contribution in [-0.4, -0.2) is 20.2 Å². The fourth-order valence-corrected chi connectivity index (χ4v) is 1.66. The molecular weight excluding hydrogens is 198 g/mol. The first-order valence-corrected chi connectivity index (χ1v) is 5.02. The first-order valence-electron chi connectivity index (χ1n) is 4.03. The Morgan fingerprint density at radius 2 is 2.36 bits per heavy atom. The summed E-state index contributed by atoms with van der Waals surface area (Å²) in [4.78, 5) is 8.17. The highest BCUT2D eigenvalue weighted by Gasteiger charge is 1.99. The number of nitrogen functional groups attached to an aromatic ring is 1. The standard InChI is InChI=1S/C8H9N5S/c9-6-1-2-10-7(3-6)4-14-8-11-5-12-13-8/h1-3,5H,4H2,(H2,9,10)(H,11,12,13). The van der Waals surface area contributed by atoms with Crippen molar-refractivity contribution < 1.29 is 0 Å². The summed E-state index contributed by atoms with van der Waals surface area (Å²) in [6, 6.07) is 3.62. The average molecular weight is 207 g/mol. The molecular formula is C8H9N5S. The van der Waals surface area contributed by atoms with E-state index in [1.807, 2.05) is 6.07 Å². The number of pyridine rings is 1. The number of H-pyrrole nitrogens is 1. The minimum atomic E-state index is 0.730. The quantitative estimate of drug-likeness (QED) is 0.736. The maximum atomic E-state index is 5.62. The van der Waals surface area contributed by atoms with Crippen molar-refractivity contribution in [3.63, 3.8) is 0 Å². The molecule has 2 heterocycles. The van der Waals surface area contributed by atoms with Crippen molar-refractivity contribution in [1.29, 1.82) is 0 Å². The van der Waals surface area contributed by atoms with Crippen molar-refractivity contribution in [3.05, 3.63) is 30.4 Å². The SMILES string of the molecule is Nc1ccnc(CSc2ncn[nH]2)c1. The van der Waals surface area contributed by atoms with E-state index in [1.165, 1.54) is 6.33 Å². The van der Waals surface area contributed by atoms with Gasteiger partial charge in [0.1, 0.15) is 6.33 Å². The molecule has 2 aromatic heterocycles. The van der Waals surface area contributed by atoms with Crippen LogP contribution in [0.2, 0.25) is 0 Å². The summed E-state index contributed by atoms with van der Waals surface area (Å²) >= 11 is 1.54. The molecule has 0 radical (unpaired) electrons. The second-order valence-corrected chi connectivity index (χ2v) is 3.62. The molecule has 0 spiro atoms. The number of nitrogens with zero attached hydrogens (tertiary/aromatic N) is 3. The summed E-state index contributed by atoms with van der Waals surface area (Å²) in [5.74, 6) is 0.736. The number of hydrogen-bond acceptors (Lipinski definition) is 5. The maximum Gasteiger partial charge on any atom is 0.183 e. The van der Waals surface area contributed by atoms with Gasteiger partial charge in [-0.25, -0.2) is 4.98 Å². The molecule has 0 unspecified atom stereocenters. The lowest BCUT2D eigenvalue weighted by atomic mass is 10.3. The van der Waals surface area contributed by atoms with Crippen LogP contribution in [-0.2, 0) is 5.75 Å². The monoisotopic (exact) mass is 207 g/mol. The molecule has 0 bridgehead atoms. The summed E-state index contributed by atoms with van der Waals surface area (Å²) in [5, 5.41) is 7.30. The molecule has 0 aliphatic rings. The van der Waals surface area contributed by atoms with Crippen LogP contribution in [0.5, 0.6) is 0 Å². The lowest BCUT2D eigenvalue weighted by Crippen LogP contribution is -1.91. The molecule has 2 aromatic rings. The Kier molecular flexibility index (Phi) is 2.64. The predicted molar refractivity (Wildman–Crippen MR) is 54.6 cm³/mol. The second kappa shape index (κ2) is 4.10. The zero-order valence-electron chi connectivity index (χ0n) is 7.34.